The molecule has 1 aromatic heterocycles. The van der Waals surface area contributed by atoms with Gasteiger partial charge < -0.3 is 14.8 Å². The first-order valence-corrected chi connectivity index (χ1v) is 8.37. The van der Waals surface area contributed by atoms with E-state index in [2.05, 4.69) is 11.1 Å². The van der Waals surface area contributed by atoms with E-state index >= 15 is 0 Å². The highest BCUT2D eigenvalue weighted by atomic mass is 16.2. The van der Waals surface area contributed by atoms with Crippen molar-refractivity contribution in [3.05, 3.63) is 45.9 Å². The highest BCUT2D eigenvalue weighted by molar-refractivity contribution is 5.94. The second-order valence-corrected chi connectivity index (χ2v) is 6.85. The average molecular weight is 329 g/mol. The van der Waals surface area contributed by atoms with E-state index in [-0.39, 0.29) is 29.3 Å². The number of hydrogen-bond acceptors (Lipinski definition) is 3. The van der Waals surface area contributed by atoms with Gasteiger partial charge in [-0.05, 0) is 32.8 Å². The maximum absolute atomic E-state index is 12.7. The Bertz CT molecular complexity index is 713. The van der Waals surface area contributed by atoms with Crippen LogP contribution in [0.3, 0.4) is 0 Å². The van der Waals surface area contributed by atoms with Crippen molar-refractivity contribution < 1.29 is 9.59 Å². The second-order valence-electron chi connectivity index (χ2n) is 6.85. The molecule has 3 saturated heterocycles. The predicted molar refractivity (Wildman–Crippen MR) is 90.6 cm³/mol. The summed E-state index contributed by atoms with van der Waals surface area (Å²) in [6.07, 6.45) is 5.28. The van der Waals surface area contributed by atoms with E-state index in [9.17, 15) is 14.4 Å². The minimum absolute atomic E-state index is 0.0681. The number of pyridine rings is 1. The van der Waals surface area contributed by atoms with Crippen LogP contribution in [0, 0.1) is 5.92 Å². The molecule has 0 radical (unpaired) electrons. The highest BCUT2D eigenvalue weighted by Gasteiger charge is 2.41. The van der Waals surface area contributed by atoms with E-state index < -0.39 is 0 Å². The molecule has 0 spiro atoms. The first kappa shape index (κ1) is 16.5. The number of fused-ring (bicyclic) bond motifs is 4. The standard InChI is InChI=1S/C18H23N3O3/c1-12(2)7-8-21-15-5-3-14(18(21)24)10-20(11-15)17(23)13-4-6-16(22)19-9-13/h4,6-7,9,14-15H,3,5,8,10-11H2,1-2H3,(H,19,22)/t14-,15+/m0/s1. The molecule has 6 heteroatoms. The summed E-state index contributed by atoms with van der Waals surface area (Å²) in [6.45, 7) is 5.66. The van der Waals surface area contributed by atoms with Gasteiger partial charge in [0.05, 0.1) is 11.5 Å². The van der Waals surface area contributed by atoms with Crippen molar-refractivity contribution in [2.24, 2.45) is 5.92 Å². The topological polar surface area (TPSA) is 73.5 Å². The molecule has 2 atom stereocenters. The van der Waals surface area contributed by atoms with E-state index in [0.717, 1.165) is 12.8 Å². The molecule has 1 aromatic rings. The SMILES string of the molecule is CC(C)=CCN1C(=O)[C@H]2CC[C@@H]1CN(C(=O)c1ccc(=O)[nH]c1)C2. The summed E-state index contributed by atoms with van der Waals surface area (Å²) in [5.74, 6) is -0.0958. The smallest absolute Gasteiger partial charge is 0.255 e. The maximum Gasteiger partial charge on any atom is 0.255 e. The van der Waals surface area contributed by atoms with Gasteiger partial charge in [-0.15, -0.1) is 0 Å². The van der Waals surface area contributed by atoms with Crippen LogP contribution in [0.4, 0.5) is 0 Å². The lowest BCUT2D eigenvalue weighted by molar-refractivity contribution is -0.139. The van der Waals surface area contributed by atoms with Gasteiger partial charge in [-0.2, -0.15) is 0 Å². The van der Waals surface area contributed by atoms with Crippen LogP contribution in [-0.2, 0) is 4.79 Å². The fourth-order valence-corrected chi connectivity index (χ4v) is 3.45. The first-order chi connectivity index (χ1) is 11.5. The summed E-state index contributed by atoms with van der Waals surface area (Å²) in [4.78, 5) is 42.8. The quantitative estimate of drug-likeness (QED) is 0.852. The Kier molecular flexibility index (Phi) is 4.55. The molecule has 2 bridgehead atoms. The number of allylic oxidation sites excluding steroid dienone is 1. The number of aromatic nitrogens is 1. The lowest BCUT2D eigenvalue weighted by Gasteiger charge is -2.35. The molecule has 4 rings (SSSR count). The number of nitrogens with one attached hydrogen (secondary N) is 1. The number of carbonyl (C=O) groups excluding carboxylic acids is 2. The third-order valence-electron chi connectivity index (χ3n) is 4.81. The Balaban J connectivity index is 1.80. The minimum atomic E-state index is -0.231. The minimum Gasteiger partial charge on any atom is -0.336 e. The van der Waals surface area contributed by atoms with E-state index in [1.54, 1.807) is 4.90 Å². The zero-order chi connectivity index (χ0) is 17.3. The van der Waals surface area contributed by atoms with E-state index in [1.165, 1.54) is 23.9 Å². The third-order valence-corrected chi connectivity index (χ3v) is 4.81. The van der Waals surface area contributed by atoms with Crippen molar-refractivity contribution in [2.75, 3.05) is 19.6 Å². The number of H-pyrrole nitrogens is 1. The number of piperidine rings is 1. The van der Waals surface area contributed by atoms with Crippen LogP contribution in [0.1, 0.15) is 37.0 Å². The molecule has 3 fully saturated rings. The Hall–Kier alpha value is -2.37. The van der Waals surface area contributed by atoms with Crippen LogP contribution in [0.5, 0.6) is 0 Å². The molecule has 2 amide bonds. The number of carbonyl (C=O) groups is 2. The lowest BCUT2D eigenvalue weighted by Crippen LogP contribution is -2.48. The Morgan fingerprint density at radius 2 is 2.04 bits per heavy atom. The van der Waals surface area contributed by atoms with Crippen molar-refractivity contribution >= 4 is 11.8 Å². The molecule has 4 heterocycles. The Morgan fingerprint density at radius 3 is 2.71 bits per heavy atom. The van der Waals surface area contributed by atoms with Crippen LogP contribution >= 0.6 is 0 Å². The molecule has 1 N–H and O–H groups in total. The molecule has 6 nitrogen and oxygen atoms in total. The van der Waals surface area contributed by atoms with E-state index in [4.69, 9.17) is 0 Å². The number of rotatable bonds is 3. The van der Waals surface area contributed by atoms with Gasteiger partial charge in [-0.3, -0.25) is 14.4 Å². The van der Waals surface area contributed by atoms with Crippen LogP contribution in [0.15, 0.2) is 34.8 Å². The molecule has 128 valence electrons. The fourth-order valence-electron chi connectivity index (χ4n) is 3.45. The lowest BCUT2D eigenvalue weighted by atomic mass is 9.94. The number of nitrogens with zero attached hydrogens (tertiary/aromatic N) is 2. The summed E-state index contributed by atoms with van der Waals surface area (Å²) in [5.41, 5.74) is 1.41. The summed E-state index contributed by atoms with van der Waals surface area (Å²) in [7, 11) is 0. The van der Waals surface area contributed by atoms with Crippen LogP contribution in [0.25, 0.3) is 0 Å². The van der Waals surface area contributed by atoms with Crippen LogP contribution in [-0.4, -0.2) is 52.3 Å². The molecule has 0 aromatic carbocycles. The van der Waals surface area contributed by atoms with Crippen molar-refractivity contribution in [1.82, 2.24) is 14.8 Å². The molecular weight excluding hydrogens is 306 g/mol. The Morgan fingerprint density at radius 1 is 1.25 bits per heavy atom. The van der Waals surface area contributed by atoms with Crippen molar-refractivity contribution in [2.45, 2.75) is 32.7 Å². The highest BCUT2D eigenvalue weighted by Crippen LogP contribution is 2.29. The fraction of sp³-hybridized carbons (Fsp3) is 0.500. The Labute approximate surface area is 141 Å². The predicted octanol–water partition coefficient (Wildman–Crippen LogP) is 1.40. The summed E-state index contributed by atoms with van der Waals surface area (Å²) < 4.78 is 0. The van der Waals surface area contributed by atoms with E-state index in [1.807, 2.05) is 18.7 Å². The summed E-state index contributed by atoms with van der Waals surface area (Å²) in [6, 6.07) is 2.96. The van der Waals surface area contributed by atoms with E-state index in [0.29, 0.717) is 25.2 Å². The summed E-state index contributed by atoms with van der Waals surface area (Å²) in [5, 5.41) is 0. The number of aromatic amines is 1. The monoisotopic (exact) mass is 329 g/mol. The number of amides is 2. The van der Waals surface area contributed by atoms with Gasteiger partial charge in [0.1, 0.15) is 0 Å². The largest absolute Gasteiger partial charge is 0.336 e. The molecule has 0 saturated carbocycles. The van der Waals surface area contributed by atoms with Gasteiger partial charge in [0, 0.05) is 37.9 Å². The second kappa shape index (κ2) is 6.63. The van der Waals surface area contributed by atoms with Gasteiger partial charge in [-0.1, -0.05) is 11.6 Å². The third kappa shape index (κ3) is 3.27. The van der Waals surface area contributed by atoms with Gasteiger partial charge in [0.2, 0.25) is 11.5 Å². The number of hydrogen-bond donors (Lipinski definition) is 1. The zero-order valence-electron chi connectivity index (χ0n) is 14.1. The zero-order valence-corrected chi connectivity index (χ0v) is 14.1. The van der Waals surface area contributed by atoms with Gasteiger partial charge in [0.15, 0.2) is 0 Å². The molecular formula is C18H23N3O3. The molecule has 24 heavy (non-hydrogen) atoms. The first-order valence-electron chi connectivity index (χ1n) is 8.37. The van der Waals surface area contributed by atoms with Crippen molar-refractivity contribution in [3.63, 3.8) is 0 Å². The molecule has 0 aliphatic carbocycles. The maximum atomic E-state index is 12.7. The van der Waals surface area contributed by atoms with Gasteiger partial charge in [-0.25, -0.2) is 0 Å². The normalized spacial score (nSPS) is 23.2. The molecule has 3 aliphatic rings. The van der Waals surface area contributed by atoms with Crippen molar-refractivity contribution in [1.29, 1.82) is 0 Å². The van der Waals surface area contributed by atoms with Crippen molar-refractivity contribution in [3.8, 4) is 0 Å². The molecule has 3 aliphatic heterocycles. The average Bonchev–Trinajstić information content (AvgIpc) is 2.84. The van der Waals surface area contributed by atoms with Gasteiger partial charge >= 0.3 is 0 Å². The van der Waals surface area contributed by atoms with Crippen LogP contribution < -0.4 is 5.56 Å². The van der Waals surface area contributed by atoms with Gasteiger partial charge in [0.25, 0.3) is 5.91 Å². The summed E-state index contributed by atoms with van der Waals surface area (Å²) >= 11 is 0. The van der Waals surface area contributed by atoms with Crippen LogP contribution in [0.2, 0.25) is 0 Å². The molecule has 0 unspecified atom stereocenters.